The molecule has 0 aromatic heterocycles. The summed E-state index contributed by atoms with van der Waals surface area (Å²) in [7, 11) is 1.41. The van der Waals surface area contributed by atoms with Crippen LogP contribution in [0.3, 0.4) is 0 Å². The molecular formula is C8H11F3O3. The van der Waals surface area contributed by atoms with E-state index in [4.69, 9.17) is 14.6 Å². The number of methoxy groups -OCH3 is 1. The Labute approximate surface area is 79.1 Å². The van der Waals surface area contributed by atoms with Gasteiger partial charge in [0.05, 0.1) is 6.26 Å². The van der Waals surface area contributed by atoms with Gasteiger partial charge in [-0.2, -0.15) is 13.2 Å². The molecule has 0 saturated heterocycles. The van der Waals surface area contributed by atoms with Gasteiger partial charge in [0.1, 0.15) is 0 Å². The molecule has 0 bridgehead atoms. The molecular weight excluding hydrogens is 201 g/mol. The molecule has 6 heteroatoms. The second-order valence-corrected chi connectivity index (χ2v) is 2.98. The summed E-state index contributed by atoms with van der Waals surface area (Å²) in [6.45, 7) is 0. The topological polar surface area (TPSA) is 38.7 Å². The van der Waals surface area contributed by atoms with Gasteiger partial charge >= 0.3 is 6.18 Å². The Kier molecular flexibility index (Phi) is 3.38. The summed E-state index contributed by atoms with van der Waals surface area (Å²) in [5.74, 6) is 0. The molecule has 0 aromatic rings. The number of aliphatic hydroxyl groups excluding tert-OH is 1. The van der Waals surface area contributed by atoms with E-state index in [-0.39, 0.29) is 12.0 Å². The Morgan fingerprint density at radius 3 is 2.64 bits per heavy atom. The van der Waals surface area contributed by atoms with Crippen LogP contribution < -0.4 is 0 Å². The van der Waals surface area contributed by atoms with Gasteiger partial charge in [-0.1, -0.05) is 0 Å². The van der Waals surface area contributed by atoms with Crippen molar-refractivity contribution in [3.8, 4) is 0 Å². The summed E-state index contributed by atoms with van der Waals surface area (Å²) < 4.78 is 45.7. The minimum absolute atomic E-state index is 0.124. The quantitative estimate of drug-likeness (QED) is 0.755. The Bertz CT molecular complexity index is 224. The molecule has 2 unspecified atom stereocenters. The van der Waals surface area contributed by atoms with E-state index < -0.39 is 18.6 Å². The molecule has 1 rings (SSSR count). The molecule has 1 aliphatic rings. The largest absolute Gasteiger partial charge is 0.473 e. The van der Waals surface area contributed by atoms with Crippen molar-refractivity contribution in [1.29, 1.82) is 0 Å². The SMILES string of the molecule is COC1CCC(C(O)C(F)(F)F)=CO1. The summed E-state index contributed by atoms with van der Waals surface area (Å²) in [6.07, 6.45) is -6.21. The van der Waals surface area contributed by atoms with Crippen LogP contribution in [0.5, 0.6) is 0 Å². The third-order valence-electron chi connectivity index (χ3n) is 1.96. The van der Waals surface area contributed by atoms with Crippen LogP contribution in [0, 0.1) is 0 Å². The van der Waals surface area contributed by atoms with E-state index in [0.29, 0.717) is 6.42 Å². The van der Waals surface area contributed by atoms with E-state index in [9.17, 15) is 13.2 Å². The van der Waals surface area contributed by atoms with Gasteiger partial charge in [0.2, 0.25) is 0 Å². The normalized spacial score (nSPS) is 25.2. The van der Waals surface area contributed by atoms with E-state index in [0.717, 1.165) is 6.26 Å². The summed E-state index contributed by atoms with van der Waals surface area (Å²) >= 11 is 0. The standard InChI is InChI=1S/C8H11F3O3/c1-13-6-3-2-5(4-14-6)7(12)8(9,10)11/h4,6-7,12H,2-3H2,1H3. The number of ether oxygens (including phenoxy) is 2. The lowest BCUT2D eigenvalue weighted by molar-refractivity contribution is -0.195. The number of aliphatic hydroxyl groups is 1. The first-order chi connectivity index (χ1) is 6.45. The van der Waals surface area contributed by atoms with Crippen LogP contribution in [0.15, 0.2) is 11.8 Å². The van der Waals surface area contributed by atoms with Crippen molar-refractivity contribution in [2.24, 2.45) is 0 Å². The van der Waals surface area contributed by atoms with Crippen LogP contribution in [-0.2, 0) is 9.47 Å². The Hall–Kier alpha value is -0.750. The van der Waals surface area contributed by atoms with Crippen molar-refractivity contribution in [1.82, 2.24) is 0 Å². The zero-order valence-electron chi connectivity index (χ0n) is 7.54. The fraction of sp³-hybridized carbons (Fsp3) is 0.750. The third-order valence-corrected chi connectivity index (χ3v) is 1.96. The van der Waals surface area contributed by atoms with Crippen LogP contribution in [0.2, 0.25) is 0 Å². The highest BCUT2D eigenvalue weighted by Gasteiger charge is 2.41. The lowest BCUT2D eigenvalue weighted by Gasteiger charge is -2.25. The number of alkyl halides is 3. The van der Waals surface area contributed by atoms with Gasteiger partial charge in [0.25, 0.3) is 0 Å². The summed E-state index contributed by atoms with van der Waals surface area (Å²) in [4.78, 5) is 0. The van der Waals surface area contributed by atoms with Crippen LogP contribution in [0.4, 0.5) is 13.2 Å². The number of hydrogen-bond acceptors (Lipinski definition) is 3. The molecule has 0 radical (unpaired) electrons. The van der Waals surface area contributed by atoms with Crippen LogP contribution in [-0.4, -0.2) is 30.8 Å². The molecule has 3 nitrogen and oxygen atoms in total. The van der Waals surface area contributed by atoms with Gasteiger partial charge in [0.15, 0.2) is 12.4 Å². The average Bonchev–Trinajstić information content (AvgIpc) is 2.15. The Morgan fingerprint density at radius 2 is 2.29 bits per heavy atom. The molecule has 0 amide bonds. The lowest BCUT2D eigenvalue weighted by Crippen LogP contribution is -2.32. The third kappa shape index (κ3) is 2.62. The maximum absolute atomic E-state index is 12.0. The average molecular weight is 212 g/mol. The first-order valence-corrected chi connectivity index (χ1v) is 4.07. The van der Waals surface area contributed by atoms with E-state index in [1.165, 1.54) is 7.11 Å². The number of hydrogen-bond donors (Lipinski definition) is 1. The van der Waals surface area contributed by atoms with Crippen molar-refractivity contribution in [3.63, 3.8) is 0 Å². The maximum atomic E-state index is 12.0. The van der Waals surface area contributed by atoms with Gasteiger partial charge in [0, 0.05) is 19.1 Å². The highest BCUT2D eigenvalue weighted by Crippen LogP contribution is 2.30. The molecule has 0 aromatic carbocycles. The Morgan fingerprint density at radius 1 is 1.64 bits per heavy atom. The van der Waals surface area contributed by atoms with Gasteiger partial charge in [-0.15, -0.1) is 0 Å². The van der Waals surface area contributed by atoms with Gasteiger partial charge in [-0.25, -0.2) is 0 Å². The molecule has 0 aliphatic carbocycles. The molecule has 0 fully saturated rings. The Balaban J connectivity index is 2.59. The monoisotopic (exact) mass is 212 g/mol. The highest BCUT2D eigenvalue weighted by molar-refractivity contribution is 5.09. The number of halogens is 3. The second-order valence-electron chi connectivity index (χ2n) is 2.98. The van der Waals surface area contributed by atoms with E-state index in [1.54, 1.807) is 0 Å². The zero-order chi connectivity index (χ0) is 10.8. The van der Waals surface area contributed by atoms with Crippen LogP contribution >= 0.6 is 0 Å². The molecule has 14 heavy (non-hydrogen) atoms. The molecule has 2 atom stereocenters. The molecule has 82 valence electrons. The van der Waals surface area contributed by atoms with Crippen molar-refractivity contribution < 1.29 is 27.8 Å². The van der Waals surface area contributed by atoms with Crippen molar-refractivity contribution in [3.05, 3.63) is 11.8 Å². The number of rotatable bonds is 2. The van der Waals surface area contributed by atoms with E-state index in [2.05, 4.69) is 0 Å². The van der Waals surface area contributed by atoms with Crippen LogP contribution in [0.1, 0.15) is 12.8 Å². The lowest BCUT2D eigenvalue weighted by atomic mass is 10.0. The second kappa shape index (κ2) is 4.18. The highest BCUT2D eigenvalue weighted by atomic mass is 19.4. The maximum Gasteiger partial charge on any atom is 0.418 e. The molecule has 1 N–H and O–H groups in total. The fourth-order valence-electron chi connectivity index (χ4n) is 1.16. The minimum Gasteiger partial charge on any atom is -0.473 e. The fourth-order valence-corrected chi connectivity index (χ4v) is 1.16. The predicted octanol–water partition coefficient (Wildman–Crippen LogP) is 1.58. The van der Waals surface area contributed by atoms with Gasteiger partial charge < -0.3 is 14.6 Å². The van der Waals surface area contributed by atoms with Crippen molar-refractivity contribution >= 4 is 0 Å². The summed E-state index contributed by atoms with van der Waals surface area (Å²) in [5.41, 5.74) is -0.161. The molecule has 0 saturated carbocycles. The minimum atomic E-state index is -4.63. The summed E-state index contributed by atoms with van der Waals surface area (Å²) in [5, 5.41) is 8.86. The van der Waals surface area contributed by atoms with Gasteiger partial charge in [-0.3, -0.25) is 0 Å². The smallest absolute Gasteiger partial charge is 0.418 e. The molecule has 1 aliphatic heterocycles. The van der Waals surface area contributed by atoms with E-state index >= 15 is 0 Å². The van der Waals surface area contributed by atoms with Crippen molar-refractivity contribution in [2.45, 2.75) is 31.4 Å². The van der Waals surface area contributed by atoms with Gasteiger partial charge in [-0.05, 0) is 6.42 Å². The van der Waals surface area contributed by atoms with E-state index in [1.807, 2.05) is 0 Å². The van der Waals surface area contributed by atoms with Crippen LogP contribution in [0.25, 0.3) is 0 Å². The predicted molar refractivity (Wildman–Crippen MR) is 41.3 cm³/mol. The summed E-state index contributed by atoms with van der Waals surface area (Å²) in [6, 6.07) is 0. The molecule has 1 heterocycles. The first-order valence-electron chi connectivity index (χ1n) is 4.07. The molecule has 0 spiro atoms. The van der Waals surface area contributed by atoms with Crippen molar-refractivity contribution in [2.75, 3.05) is 7.11 Å². The zero-order valence-corrected chi connectivity index (χ0v) is 7.54. The first kappa shape index (κ1) is 11.3.